The molecule has 0 bridgehead atoms. The summed E-state index contributed by atoms with van der Waals surface area (Å²) in [4.78, 5) is 14.0. The van der Waals surface area contributed by atoms with Crippen molar-refractivity contribution in [1.82, 2.24) is 14.8 Å². The van der Waals surface area contributed by atoms with E-state index in [1.165, 1.54) is 0 Å². The van der Waals surface area contributed by atoms with Gasteiger partial charge in [-0.1, -0.05) is 0 Å². The van der Waals surface area contributed by atoms with Gasteiger partial charge < -0.3 is 14.8 Å². The van der Waals surface area contributed by atoms with Crippen molar-refractivity contribution >= 4 is 18.3 Å². The number of piperazine rings is 1. The molecule has 1 unspecified atom stereocenters. The fourth-order valence-electron chi connectivity index (χ4n) is 1.96. The summed E-state index contributed by atoms with van der Waals surface area (Å²) in [6.07, 6.45) is 1.90. The fraction of sp³-hybridized carbons (Fsp3) is 0.545. The van der Waals surface area contributed by atoms with Crippen molar-refractivity contribution in [3.05, 3.63) is 24.0 Å². The molecule has 1 aliphatic rings. The number of rotatable bonds is 1. The lowest BCUT2D eigenvalue weighted by molar-refractivity contribution is 0.0699. The van der Waals surface area contributed by atoms with E-state index in [4.69, 9.17) is 0 Å². The van der Waals surface area contributed by atoms with Gasteiger partial charge >= 0.3 is 0 Å². The summed E-state index contributed by atoms with van der Waals surface area (Å²) in [5, 5.41) is 3.33. The van der Waals surface area contributed by atoms with Crippen LogP contribution in [-0.2, 0) is 7.05 Å². The molecule has 5 heteroatoms. The summed E-state index contributed by atoms with van der Waals surface area (Å²) in [6, 6.07) is 4.16. The monoisotopic (exact) mass is 243 g/mol. The average molecular weight is 244 g/mol. The normalized spacial score (nSPS) is 20.4. The van der Waals surface area contributed by atoms with Crippen molar-refractivity contribution in [2.45, 2.75) is 13.0 Å². The number of nitrogens with zero attached hydrogens (tertiary/aromatic N) is 2. The van der Waals surface area contributed by atoms with Crippen molar-refractivity contribution < 1.29 is 4.79 Å². The van der Waals surface area contributed by atoms with Crippen LogP contribution in [0.25, 0.3) is 0 Å². The first-order valence-corrected chi connectivity index (χ1v) is 5.32. The van der Waals surface area contributed by atoms with Gasteiger partial charge in [0.25, 0.3) is 5.91 Å². The lowest BCUT2D eigenvalue weighted by atomic mass is 10.2. The van der Waals surface area contributed by atoms with Crippen LogP contribution < -0.4 is 5.32 Å². The highest BCUT2D eigenvalue weighted by Gasteiger charge is 2.22. The van der Waals surface area contributed by atoms with Gasteiger partial charge in [0.15, 0.2) is 0 Å². The Kier molecular flexibility index (Phi) is 4.38. The quantitative estimate of drug-likeness (QED) is 0.795. The molecule has 4 nitrogen and oxygen atoms in total. The molecule has 1 aromatic rings. The van der Waals surface area contributed by atoms with Crippen LogP contribution in [0.3, 0.4) is 0 Å². The molecule has 1 saturated heterocycles. The Hall–Kier alpha value is -1.00. The standard InChI is InChI=1S/C11H17N3O.ClH/c1-9-8-14(7-5-12-9)11(15)10-4-3-6-13(10)2;/h3-4,6,9,12H,5,7-8H2,1-2H3;1H. The number of hydrogen-bond donors (Lipinski definition) is 1. The zero-order valence-electron chi connectivity index (χ0n) is 9.64. The van der Waals surface area contributed by atoms with E-state index < -0.39 is 0 Å². The lowest BCUT2D eigenvalue weighted by Gasteiger charge is -2.31. The highest BCUT2D eigenvalue weighted by molar-refractivity contribution is 5.92. The van der Waals surface area contributed by atoms with E-state index in [0.717, 1.165) is 25.3 Å². The van der Waals surface area contributed by atoms with E-state index in [1.54, 1.807) is 0 Å². The first-order valence-electron chi connectivity index (χ1n) is 5.32. The molecule has 1 aromatic heterocycles. The van der Waals surface area contributed by atoms with Crippen molar-refractivity contribution in [3.63, 3.8) is 0 Å². The van der Waals surface area contributed by atoms with Gasteiger partial charge in [-0.15, -0.1) is 12.4 Å². The number of carbonyl (C=O) groups excluding carboxylic acids is 1. The Morgan fingerprint density at radius 3 is 2.88 bits per heavy atom. The van der Waals surface area contributed by atoms with E-state index in [2.05, 4.69) is 12.2 Å². The number of carbonyl (C=O) groups is 1. The minimum Gasteiger partial charge on any atom is -0.347 e. The number of hydrogen-bond acceptors (Lipinski definition) is 2. The topological polar surface area (TPSA) is 37.3 Å². The summed E-state index contributed by atoms with van der Waals surface area (Å²) in [5.74, 6) is 0.135. The molecule has 0 aromatic carbocycles. The van der Waals surface area contributed by atoms with Gasteiger partial charge in [-0.2, -0.15) is 0 Å². The Morgan fingerprint density at radius 2 is 2.31 bits per heavy atom. The van der Waals surface area contributed by atoms with Crippen LogP contribution in [0.1, 0.15) is 17.4 Å². The molecule has 16 heavy (non-hydrogen) atoms. The van der Waals surface area contributed by atoms with Gasteiger partial charge in [-0.25, -0.2) is 0 Å². The molecular formula is C11H18ClN3O. The van der Waals surface area contributed by atoms with Crippen LogP contribution in [0.5, 0.6) is 0 Å². The molecule has 0 aliphatic carbocycles. The number of halogens is 1. The molecular weight excluding hydrogens is 226 g/mol. The largest absolute Gasteiger partial charge is 0.347 e. The molecule has 2 rings (SSSR count). The number of aryl methyl sites for hydroxylation is 1. The van der Waals surface area contributed by atoms with Crippen LogP contribution >= 0.6 is 12.4 Å². The molecule has 0 spiro atoms. The number of aromatic nitrogens is 1. The molecule has 0 saturated carbocycles. The maximum Gasteiger partial charge on any atom is 0.270 e. The molecule has 90 valence electrons. The second-order valence-electron chi connectivity index (χ2n) is 4.11. The SMILES string of the molecule is CC1CN(C(=O)c2cccn2C)CCN1.Cl. The maximum absolute atomic E-state index is 12.1. The molecule has 1 fully saturated rings. The van der Waals surface area contributed by atoms with Gasteiger partial charge in [0, 0.05) is 38.9 Å². The molecule has 1 amide bonds. The van der Waals surface area contributed by atoms with Crippen LogP contribution in [-0.4, -0.2) is 41.1 Å². The van der Waals surface area contributed by atoms with Crippen molar-refractivity contribution in [3.8, 4) is 0 Å². The van der Waals surface area contributed by atoms with Gasteiger partial charge in [0.1, 0.15) is 5.69 Å². The van der Waals surface area contributed by atoms with E-state index in [9.17, 15) is 4.79 Å². The van der Waals surface area contributed by atoms with Gasteiger partial charge in [0.05, 0.1) is 0 Å². The second-order valence-corrected chi connectivity index (χ2v) is 4.11. The zero-order chi connectivity index (χ0) is 10.8. The van der Waals surface area contributed by atoms with E-state index in [-0.39, 0.29) is 18.3 Å². The van der Waals surface area contributed by atoms with Crippen LogP contribution in [0.2, 0.25) is 0 Å². The second kappa shape index (κ2) is 5.37. The van der Waals surface area contributed by atoms with Gasteiger partial charge in [-0.3, -0.25) is 4.79 Å². The predicted molar refractivity (Wildman–Crippen MR) is 66.0 cm³/mol. The number of amides is 1. The van der Waals surface area contributed by atoms with E-state index in [1.807, 2.05) is 34.8 Å². The van der Waals surface area contributed by atoms with Crippen LogP contribution in [0.15, 0.2) is 18.3 Å². The average Bonchev–Trinajstić information content (AvgIpc) is 2.63. The number of nitrogens with one attached hydrogen (secondary N) is 1. The van der Waals surface area contributed by atoms with Gasteiger partial charge in [0.2, 0.25) is 0 Å². The summed E-state index contributed by atoms with van der Waals surface area (Å²) in [5.41, 5.74) is 0.768. The van der Waals surface area contributed by atoms with E-state index >= 15 is 0 Å². The Bertz CT molecular complexity index is 364. The summed E-state index contributed by atoms with van der Waals surface area (Å²) >= 11 is 0. The molecule has 1 atom stereocenters. The minimum absolute atomic E-state index is 0. The third-order valence-corrected chi connectivity index (χ3v) is 2.82. The Labute approximate surface area is 102 Å². The highest BCUT2D eigenvalue weighted by atomic mass is 35.5. The molecule has 1 aliphatic heterocycles. The van der Waals surface area contributed by atoms with Gasteiger partial charge in [-0.05, 0) is 19.1 Å². The summed E-state index contributed by atoms with van der Waals surface area (Å²) in [7, 11) is 1.90. The smallest absolute Gasteiger partial charge is 0.270 e. The Morgan fingerprint density at radius 1 is 1.56 bits per heavy atom. The van der Waals surface area contributed by atoms with Crippen molar-refractivity contribution in [2.24, 2.45) is 7.05 Å². The van der Waals surface area contributed by atoms with E-state index in [0.29, 0.717) is 6.04 Å². The minimum atomic E-state index is 0. The molecule has 0 radical (unpaired) electrons. The van der Waals surface area contributed by atoms with Crippen LogP contribution in [0.4, 0.5) is 0 Å². The lowest BCUT2D eigenvalue weighted by Crippen LogP contribution is -2.51. The third kappa shape index (κ3) is 2.57. The zero-order valence-corrected chi connectivity index (χ0v) is 10.5. The molecule has 2 heterocycles. The third-order valence-electron chi connectivity index (χ3n) is 2.82. The first-order chi connectivity index (χ1) is 7.18. The maximum atomic E-state index is 12.1. The molecule has 1 N–H and O–H groups in total. The highest BCUT2D eigenvalue weighted by Crippen LogP contribution is 2.07. The fourth-order valence-corrected chi connectivity index (χ4v) is 1.96. The van der Waals surface area contributed by atoms with Crippen molar-refractivity contribution in [1.29, 1.82) is 0 Å². The summed E-state index contributed by atoms with van der Waals surface area (Å²) < 4.78 is 1.87. The predicted octanol–water partition coefficient (Wildman–Crippen LogP) is 0.881. The van der Waals surface area contributed by atoms with Crippen molar-refractivity contribution in [2.75, 3.05) is 19.6 Å². The Balaban J connectivity index is 0.00000128. The summed E-state index contributed by atoms with van der Waals surface area (Å²) in [6.45, 7) is 4.58. The first kappa shape index (κ1) is 13.1. The van der Waals surface area contributed by atoms with Crippen LogP contribution in [0, 0.1) is 0 Å².